The third-order valence-corrected chi connectivity index (χ3v) is 6.80. The average molecular weight is 483 g/mol. The molecule has 0 aliphatic carbocycles. The zero-order chi connectivity index (χ0) is 23.4. The Kier molecular flexibility index (Phi) is 7.04. The first-order valence-electron chi connectivity index (χ1n) is 9.04. The molecule has 0 fully saturated rings. The fourth-order valence-corrected chi connectivity index (χ4v) is 4.44. The number of benzene rings is 2. The fraction of sp³-hybridized carbons (Fsp3) is 0.150. The number of anilines is 2. The third-order valence-electron chi connectivity index (χ3n) is 4.15. The highest BCUT2D eigenvalue weighted by molar-refractivity contribution is 7.99. The van der Waals surface area contributed by atoms with Crippen LogP contribution in [0.25, 0.3) is 0 Å². The highest BCUT2D eigenvalue weighted by atomic mass is 32.2. The number of carbonyl (C=O) groups is 1. The Hall–Kier alpha value is -3.12. The van der Waals surface area contributed by atoms with E-state index in [0.29, 0.717) is 5.69 Å². The minimum Gasteiger partial charge on any atom is -0.325 e. The SMILES string of the molecule is CN(c1ccccc1)S(=O)(=O)c1cccc(NC(=O)CSc2nccc(C(F)(F)F)n2)c1. The van der Waals surface area contributed by atoms with Crippen molar-refractivity contribution in [3.05, 3.63) is 72.6 Å². The smallest absolute Gasteiger partial charge is 0.325 e. The number of carbonyl (C=O) groups excluding carboxylic acids is 1. The van der Waals surface area contributed by atoms with E-state index in [-0.39, 0.29) is 21.5 Å². The summed E-state index contributed by atoms with van der Waals surface area (Å²) in [6.07, 6.45) is -3.65. The van der Waals surface area contributed by atoms with Crippen molar-refractivity contribution in [3.63, 3.8) is 0 Å². The van der Waals surface area contributed by atoms with Crippen molar-refractivity contribution in [1.29, 1.82) is 0 Å². The molecule has 0 bridgehead atoms. The summed E-state index contributed by atoms with van der Waals surface area (Å²) in [6.45, 7) is 0. The highest BCUT2D eigenvalue weighted by Gasteiger charge is 2.32. The quantitative estimate of drug-likeness (QED) is 0.404. The van der Waals surface area contributed by atoms with Gasteiger partial charge in [0.05, 0.1) is 16.3 Å². The van der Waals surface area contributed by atoms with Gasteiger partial charge in [-0.1, -0.05) is 36.0 Å². The van der Waals surface area contributed by atoms with Crippen LogP contribution in [-0.4, -0.2) is 37.1 Å². The molecular formula is C20H17F3N4O3S2. The molecule has 3 aromatic rings. The summed E-state index contributed by atoms with van der Waals surface area (Å²) < 4.78 is 65.1. The van der Waals surface area contributed by atoms with E-state index in [0.717, 1.165) is 28.3 Å². The van der Waals surface area contributed by atoms with Crippen LogP contribution < -0.4 is 9.62 Å². The summed E-state index contributed by atoms with van der Waals surface area (Å²) in [5, 5.41) is 2.33. The molecular weight excluding hydrogens is 465 g/mol. The van der Waals surface area contributed by atoms with E-state index >= 15 is 0 Å². The van der Waals surface area contributed by atoms with Gasteiger partial charge in [-0.05, 0) is 36.4 Å². The largest absolute Gasteiger partial charge is 0.433 e. The summed E-state index contributed by atoms with van der Waals surface area (Å²) in [6, 6.07) is 14.9. The molecule has 32 heavy (non-hydrogen) atoms. The number of halogens is 3. The number of rotatable bonds is 7. The van der Waals surface area contributed by atoms with Crippen LogP contribution in [0.15, 0.2) is 76.9 Å². The molecule has 0 atom stereocenters. The maximum Gasteiger partial charge on any atom is 0.433 e. The normalized spacial score (nSPS) is 11.8. The first-order valence-corrected chi connectivity index (χ1v) is 11.5. The molecule has 0 aliphatic rings. The number of nitrogens with zero attached hydrogens (tertiary/aromatic N) is 3. The molecule has 1 heterocycles. The second-order valence-electron chi connectivity index (χ2n) is 6.39. The molecule has 3 rings (SSSR count). The van der Waals surface area contributed by atoms with Crippen molar-refractivity contribution in [2.24, 2.45) is 0 Å². The van der Waals surface area contributed by atoms with E-state index < -0.39 is 27.8 Å². The van der Waals surface area contributed by atoms with E-state index in [9.17, 15) is 26.4 Å². The predicted molar refractivity (Wildman–Crippen MR) is 115 cm³/mol. The average Bonchev–Trinajstić information content (AvgIpc) is 2.77. The van der Waals surface area contributed by atoms with E-state index in [1.165, 1.54) is 31.3 Å². The number of hydrogen-bond donors (Lipinski definition) is 1. The van der Waals surface area contributed by atoms with Crippen molar-refractivity contribution in [2.75, 3.05) is 22.4 Å². The van der Waals surface area contributed by atoms with Gasteiger partial charge in [0.25, 0.3) is 10.0 Å². The van der Waals surface area contributed by atoms with Crippen molar-refractivity contribution in [3.8, 4) is 0 Å². The molecule has 0 radical (unpaired) electrons. The lowest BCUT2D eigenvalue weighted by Crippen LogP contribution is -2.26. The van der Waals surface area contributed by atoms with E-state index in [1.807, 2.05) is 0 Å². The van der Waals surface area contributed by atoms with Crippen LogP contribution in [0.2, 0.25) is 0 Å². The lowest BCUT2D eigenvalue weighted by molar-refractivity contribution is -0.141. The Morgan fingerprint density at radius 2 is 1.81 bits per heavy atom. The Bertz CT molecular complexity index is 1210. The first kappa shape index (κ1) is 23.5. The Balaban J connectivity index is 1.68. The Morgan fingerprint density at radius 1 is 1.09 bits per heavy atom. The van der Waals surface area contributed by atoms with Crippen LogP contribution >= 0.6 is 11.8 Å². The molecule has 1 aromatic heterocycles. The number of aromatic nitrogens is 2. The minimum absolute atomic E-state index is 0.0319. The molecule has 168 valence electrons. The van der Waals surface area contributed by atoms with Gasteiger partial charge < -0.3 is 5.32 Å². The molecule has 0 spiro atoms. The zero-order valence-electron chi connectivity index (χ0n) is 16.6. The van der Waals surface area contributed by atoms with Crippen LogP contribution in [0.4, 0.5) is 24.5 Å². The van der Waals surface area contributed by atoms with Gasteiger partial charge in [-0.2, -0.15) is 13.2 Å². The number of nitrogens with one attached hydrogen (secondary N) is 1. The number of thioether (sulfide) groups is 1. The lowest BCUT2D eigenvalue weighted by Gasteiger charge is -2.19. The van der Waals surface area contributed by atoms with Gasteiger partial charge in [-0.3, -0.25) is 9.10 Å². The van der Waals surface area contributed by atoms with Gasteiger partial charge in [0.2, 0.25) is 5.91 Å². The van der Waals surface area contributed by atoms with Crippen LogP contribution in [0.3, 0.4) is 0 Å². The van der Waals surface area contributed by atoms with Gasteiger partial charge in [0.1, 0.15) is 5.69 Å². The van der Waals surface area contributed by atoms with Crippen molar-refractivity contribution in [1.82, 2.24) is 9.97 Å². The first-order chi connectivity index (χ1) is 15.1. The molecule has 0 saturated heterocycles. The van der Waals surface area contributed by atoms with Gasteiger partial charge in [0.15, 0.2) is 5.16 Å². The van der Waals surface area contributed by atoms with Gasteiger partial charge in [0, 0.05) is 18.9 Å². The molecule has 1 N–H and O–H groups in total. The topological polar surface area (TPSA) is 92.3 Å². The van der Waals surface area contributed by atoms with Gasteiger partial charge >= 0.3 is 6.18 Å². The zero-order valence-corrected chi connectivity index (χ0v) is 18.2. The number of sulfonamides is 1. The highest BCUT2D eigenvalue weighted by Crippen LogP contribution is 2.28. The Morgan fingerprint density at radius 3 is 2.50 bits per heavy atom. The van der Waals surface area contributed by atoms with Crippen molar-refractivity contribution in [2.45, 2.75) is 16.2 Å². The number of alkyl halides is 3. The molecule has 2 aromatic carbocycles. The maximum absolute atomic E-state index is 12.9. The van der Waals surface area contributed by atoms with Crippen molar-refractivity contribution < 1.29 is 26.4 Å². The summed E-state index contributed by atoms with van der Waals surface area (Å²) in [4.78, 5) is 19.3. The Labute approximate surface area is 186 Å². The molecule has 12 heteroatoms. The van der Waals surface area contributed by atoms with Crippen molar-refractivity contribution >= 4 is 39.1 Å². The van der Waals surface area contributed by atoms with Gasteiger partial charge in [-0.15, -0.1) is 0 Å². The minimum atomic E-state index is -4.61. The summed E-state index contributed by atoms with van der Waals surface area (Å²) in [5.41, 5.74) is -0.404. The second kappa shape index (κ2) is 9.57. The molecule has 7 nitrogen and oxygen atoms in total. The molecule has 1 amide bonds. The number of amides is 1. The third kappa shape index (κ3) is 5.77. The molecule has 0 aliphatic heterocycles. The summed E-state index contributed by atoms with van der Waals surface area (Å²) >= 11 is 0.729. The van der Waals surface area contributed by atoms with E-state index in [4.69, 9.17) is 0 Å². The van der Waals surface area contributed by atoms with Crippen LogP contribution in [0, 0.1) is 0 Å². The molecule has 0 unspecified atom stereocenters. The summed E-state index contributed by atoms with van der Waals surface area (Å²) in [7, 11) is -2.46. The standard InChI is InChI=1S/C20H17F3N4O3S2/c1-27(15-7-3-2-4-8-15)32(29,30)16-9-5-6-14(12-16)25-18(28)13-31-19-24-11-10-17(26-19)20(21,22)23/h2-12H,13H2,1H3,(H,25,28). The number of hydrogen-bond acceptors (Lipinski definition) is 6. The summed E-state index contributed by atoms with van der Waals surface area (Å²) in [5.74, 6) is -0.815. The second-order valence-corrected chi connectivity index (χ2v) is 9.31. The predicted octanol–water partition coefficient (Wildman–Crippen LogP) is 4.05. The fourth-order valence-electron chi connectivity index (χ4n) is 2.56. The van der Waals surface area contributed by atoms with Gasteiger partial charge in [-0.25, -0.2) is 18.4 Å². The lowest BCUT2D eigenvalue weighted by atomic mass is 10.3. The van der Waals surface area contributed by atoms with Crippen LogP contribution in [0.1, 0.15) is 5.69 Å². The maximum atomic E-state index is 12.9. The van der Waals surface area contributed by atoms with Crippen LogP contribution in [-0.2, 0) is 21.0 Å². The van der Waals surface area contributed by atoms with Crippen LogP contribution in [0.5, 0.6) is 0 Å². The van der Waals surface area contributed by atoms with E-state index in [1.54, 1.807) is 30.3 Å². The monoisotopic (exact) mass is 482 g/mol. The number of para-hydroxylation sites is 1. The molecule has 0 saturated carbocycles. The van der Waals surface area contributed by atoms with E-state index in [2.05, 4.69) is 15.3 Å².